The molecule has 0 saturated carbocycles. The van der Waals surface area contributed by atoms with Crippen molar-refractivity contribution in [3.8, 4) is 11.5 Å². The second kappa shape index (κ2) is 7.18. The number of carbonyl (C=O) groups is 1. The first-order valence-electron chi connectivity index (χ1n) is 8.16. The molecule has 27 heavy (non-hydrogen) atoms. The maximum atomic E-state index is 12.7. The average Bonchev–Trinajstić information content (AvgIpc) is 3.42. The van der Waals surface area contributed by atoms with Gasteiger partial charge in [-0.1, -0.05) is 11.2 Å². The van der Waals surface area contributed by atoms with E-state index < -0.39 is 22.0 Å². The van der Waals surface area contributed by atoms with Crippen molar-refractivity contribution in [1.82, 2.24) is 19.5 Å². The van der Waals surface area contributed by atoms with Crippen molar-refractivity contribution in [2.24, 2.45) is 0 Å². The molecule has 1 saturated heterocycles. The molecule has 1 amide bonds. The molecule has 1 fully saturated rings. The van der Waals surface area contributed by atoms with Gasteiger partial charge in [-0.15, -0.1) is 16.4 Å². The van der Waals surface area contributed by atoms with Gasteiger partial charge in [-0.3, -0.25) is 15.1 Å². The van der Waals surface area contributed by atoms with Gasteiger partial charge < -0.3 is 4.42 Å². The third-order valence-electron chi connectivity index (χ3n) is 4.13. The lowest BCUT2D eigenvalue weighted by Crippen LogP contribution is -2.42. The van der Waals surface area contributed by atoms with Crippen molar-refractivity contribution < 1.29 is 17.6 Å². The number of aromatic nitrogens is 3. The molecule has 4 heterocycles. The Morgan fingerprint density at radius 1 is 1.30 bits per heavy atom. The fraction of sp³-hybridized carbons (Fsp3) is 0.250. The van der Waals surface area contributed by atoms with Crippen LogP contribution >= 0.6 is 11.3 Å². The summed E-state index contributed by atoms with van der Waals surface area (Å²) in [5, 5.41) is 11.9. The van der Waals surface area contributed by atoms with Crippen LogP contribution in [0.15, 0.2) is 50.7 Å². The van der Waals surface area contributed by atoms with Crippen LogP contribution in [0.1, 0.15) is 12.8 Å². The Kier molecular flexibility index (Phi) is 4.72. The zero-order valence-electron chi connectivity index (χ0n) is 14.0. The standard InChI is InChI=1S/C16H15N5O4S2/c22-14(18-16-20-19-15(25-16)11-4-1-7-17-10-11)12-5-2-8-21(12)27(23,24)13-6-3-9-26-13/h1,3-4,6-7,9-10,12H,2,5,8H2,(H,18,20,22). The number of amides is 1. The van der Waals surface area contributed by atoms with Crippen LogP contribution in [0.2, 0.25) is 0 Å². The normalized spacial score (nSPS) is 17.9. The summed E-state index contributed by atoms with van der Waals surface area (Å²) in [4.78, 5) is 16.6. The van der Waals surface area contributed by atoms with Crippen LogP contribution in [0, 0.1) is 0 Å². The molecule has 1 aliphatic rings. The maximum absolute atomic E-state index is 12.7. The van der Waals surface area contributed by atoms with Crippen molar-refractivity contribution in [3.05, 3.63) is 42.0 Å². The van der Waals surface area contributed by atoms with Gasteiger partial charge in [0.05, 0.1) is 5.56 Å². The molecule has 9 nitrogen and oxygen atoms in total. The van der Waals surface area contributed by atoms with E-state index in [4.69, 9.17) is 4.42 Å². The second-order valence-corrected chi connectivity index (χ2v) is 8.91. The molecule has 0 spiro atoms. The Balaban J connectivity index is 1.50. The number of thiophene rings is 1. The lowest BCUT2D eigenvalue weighted by molar-refractivity contribution is -0.119. The van der Waals surface area contributed by atoms with Gasteiger partial charge in [-0.05, 0) is 36.4 Å². The van der Waals surface area contributed by atoms with E-state index in [9.17, 15) is 13.2 Å². The Morgan fingerprint density at radius 3 is 2.93 bits per heavy atom. The van der Waals surface area contributed by atoms with Crippen LogP contribution in [0.25, 0.3) is 11.5 Å². The predicted molar refractivity (Wildman–Crippen MR) is 97.4 cm³/mol. The summed E-state index contributed by atoms with van der Waals surface area (Å²) in [6, 6.07) is 5.78. The van der Waals surface area contributed by atoms with Crippen LogP contribution in [-0.2, 0) is 14.8 Å². The summed E-state index contributed by atoms with van der Waals surface area (Å²) >= 11 is 1.13. The summed E-state index contributed by atoms with van der Waals surface area (Å²) in [5.74, 6) is -0.276. The molecule has 140 valence electrons. The van der Waals surface area contributed by atoms with Crippen molar-refractivity contribution in [1.29, 1.82) is 0 Å². The van der Waals surface area contributed by atoms with Crippen molar-refractivity contribution >= 4 is 33.3 Å². The number of sulfonamides is 1. The summed E-state index contributed by atoms with van der Waals surface area (Å²) in [7, 11) is -3.70. The van der Waals surface area contributed by atoms with Gasteiger partial charge in [0.15, 0.2) is 0 Å². The lowest BCUT2D eigenvalue weighted by Gasteiger charge is -2.21. The topological polar surface area (TPSA) is 118 Å². The summed E-state index contributed by atoms with van der Waals surface area (Å²) in [6.45, 7) is 0.295. The van der Waals surface area contributed by atoms with E-state index in [-0.39, 0.29) is 16.1 Å². The smallest absolute Gasteiger partial charge is 0.322 e. The monoisotopic (exact) mass is 405 g/mol. The van der Waals surface area contributed by atoms with Crippen LogP contribution in [0.5, 0.6) is 0 Å². The van der Waals surface area contributed by atoms with E-state index in [0.717, 1.165) is 11.3 Å². The Morgan fingerprint density at radius 2 is 2.19 bits per heavy atom. The molecular weight excluding hydrogens is 390 g/mol. The molecule has 3 aromatic heterocycles. The molecule has 1 unspecified atom stereocenters. The quantitative estimate of drug-likeness (QED) is 0.689. The average molecular weight is 405 g/mol. The summed E-state index contributed by atoms with van der Waals surface area (Å²) in [5.41, 5.74) is 0.619. The van der Waals surface area contributed by atoms with Gasteiger partial charge in [0, 0.05) is 18.9 Å². The van der Waals surface area contributed by atoms with Gasteiger partial charge in [-0.25, -0.2) is 8.42 Å². The fourth-order valence-corrected chi connectivity index (χ4v) is 5.66. The summed E-state index contributed by atoms with van der Waals surface area (Å²) < 4.78 is 32.4. The number of anilines is 1. The molecule has 1 N–H and O–H groups in total. The second-order valence-electron chi connectivity index (χ2n) is 5.85. The van der Waals surface area contributed by atoms with Crippen LogP contribution in [0.4, 0.5) is 6.01 Å². The number of carbonyl (C=O) groups excluding carboxylic acids is 1. The fourth-order valence-electron chi connectivity index (χ4n) is 2.88. The van der Waals surface area contributed by atoms with Gasteiger partial charge in [0.1, 0.15) is 10.3 Å². The Bertz CT molecular complexity index is 1030. The zero-order chi connectivity index (χ0) is 18.9. The van der Waals surface area contributed by atoms with E-state index in [1.165, 1.54) is 10.4 Å². The third-order valence-corrected chi connectivity index (χ3v) is 7.41. The van der Waals surface area contributed by atoms with Gasteiger partial charge in [0.2, 0.25) is 5.91 Å². The van der Waals surface area contributed by atoms with Crippen LogP contribution in [0.3, 0.4) is 0 Å². The first kappa shape index (κ1) is 17.8. The van der Waals surface area contributed by atoms with Crippen LogP contribution < -0.4 is 5.32 Å². The number of rotatable bonds is 5. The zero-order valence-corrected chi connectivity index (χ0v) is 15.6. The highest BCUT2D eigenvalue weighted by molar-refractivity contribution is 7.91. The highest BCUT2D eigenvalue weighted by Gasteiger charge is 2.40. The highest BCUT2D eigenvalue weighted by Crippen LogP contribution is 2.29. The van der Waals surface area contributed by atoms with Gasteiger partial charge in [-0.2, -0.15) is 4.31 Å². The maximum Gasteiger partial charge on any atom is 0.322 e. The lowest BCUT2D eigenvalue weighted by atomic mass is 10.2. The molecule has 4 rings (SSSR count). The van der Waals surface area contributed by atoms with Gasteiger partial charge >= 0.3 is 6.01 Å². The third kappa shape index (κ3) is 3.48. The number of nitrogens with one attached hydrogen (secondary N) is 1. The minimum Gasteiger partial charge on any atom is -0.403 e. The molecule has 1 atom stereocenters. The number of hydrogen-bond acceptors (Lipinski definition) is 8. The molecule has 0 bridgehead atoms. The van der Waals surface area contributed by atoms with Gasteiger partial charge in [0.25, 0.3) is 15.9 Å². The first-order chi connectivity index (χ1) is 13.1. The van der Waals surface area contributed by atoms with Crippen molar-refractivity contribution in [2.45, 2.75) is 23.1 Å². The molecule has 0 aromatic carbocycles. The molecule has 3 aromatic rings. The minimum absolute atomic E-state index is 0.0841. The Labute approximate surface area is 159 Å². The van der Waals surface area contributed by atoms with Crippen LogP contribution in [-0.4, -0.2) is 46.4 Å². The molecule has 11 heteroatoms. The molecule has 1 aliphatic heterocycles. The van der Waals surface area contributed by atoms with Crippen molar-refractivity contribution in [2.75, 3.05) is 11.9 Å². The molecule has 0 aliphatic carbocycles. The molecular formula is C16H15N5O4S2. The van der Waals surface area contributed by atoms with E-state index in [1.54, 1.807) is 36.0 Å². The largest absolute Gasteiger partial charge is 0.403 e. The minimum atomic E-state index is -3.70. The highest BCUT2D eigenvalue weighted by atomic mass is 32.2. The summed E-state index contributed by atoms with van der Waals surface area (Å²) in [6.07, 6.45) is 4.21. The van der Waals surface area contributed by atoms with E-state index in [2.05, 4.69) is 20.5 Å². The number of nitrogens with zero attached hydrogens (tertiary/aromatic N) is 4. The first-order valence-corrected chi connectivity index (χ1v) is 10.5. The Hall–Kier alpha value is -2.63. The van der Waals surface area contributed by atoms with E-state index >= 15 is 0 Å². The van der Waals surface area contributed by atoms with Crippen molar-refractivity contribution in [3.63, 3.8) is 0 Å². The van der Waals surface area contributed by atoms with E-state index in [1.807, 2.05) is 0 Å². The van der Waals surface area contributed by atoms with E-state index in [0.29, 0.717) is 24.9 Å². The number of hydrogen-bond donors (Lipinski definition) is 1. The number of pyridine rings is 1. The SMILES string of the molecule is O=C(Nc1nnc(-c2cccnc2)o1)C1CCCN1S(=O)(=O)c1cccs1. The molecule has 0 radical (unpaired) electrons. The predicted octanol–water partition coefficient (Wildman–Crippen LogP) is 1.98.